The zero-order chi connectivity index (χ0) is 12.1. The largest absolute Gasteiger partial charge is 0.306 e. The Balaban J connectivity index is 2.08. The molecule has 1 N–H and O–H groups in total. The van der Waals surface area contributed by atoms with Crippen molar-refractivity contribution in [3.05, 3.63) is 48.5 Å². The Morgan fingerprint density at radius 1 is 1.41 bits per heavy atom. The standard InChI is InChI=1S/C12H12N4O/c1-10(17)15-14-8-11-2-4-12(5-3-11)16-7-6-13-9-16/h2-9H,1H3,(H,15,17)/b14-8+. The Hall–Kier alpha value is -2.43. The normalized spacial score (nSPS) is 10.6. The Morgan fingerprint density at radius 3 is 2.76 bits per heavy atom. The van der Waals surface area contributed by atoms with E-state index in [0.29, 0.717) is 0 Å². The van der Waals surface area contributed by atoms with E-state index in [4.69, 9.17) is 0 Å². The van der Waals surface area contributed by atoms with Crippen molar-refractivity contribution in [1.29, 1.82) is 0 Å². The van der Waals surface area contributed by atoms with Crippen LogP contribution in [-0.2, 0) is 4.79 Å². The molecule has 0 unspecified atom stereocenters. The van der Waals surface area contributed by atoms with Crippen molar-refractivity contribution in [2.24, 2.45) is 5.10 Å². The number of amides is 1. The van der Waals surface area contributed by atoms with Gasteiger partial charge in [0.25, 0.3) is 0 Å². The van der Waals surface area contributed by atoms with Gasteiger partial charge in [0, 0.05) is 25.0 Å². The number of aromatic nitrogens is 2. The molecule has 5 nitrogen and oxygen atoms in total. The van der Waals surface area contributed by atoms with E-state index < -0.39 is 0 Å². The van der Waals surface area contributed by atoms with E-state index in [-0.39, 0.29) is 5.91 Å². The van der Waals surface area contributed by atoms with Gasteiger partial charge in [0.05, 0.1) is 12.5 Å². The van der Waals surface area contributed by atoms with Crippen molar-refractivity contribution in [3.63, 3.8) is 0 Å². The highest BCUT2D eigenvalue weighted by Crippen LogP contribution is 2.07. The molecule has 1 aromatic heterocycles. The van der Waals surface area contributed by atoms with E-state index in [9.17, 15) is 4.79 Å². The molecular formula is C12H12N4O. The summed E-state index contributed by atoms with van der Waals surface area (Å²) in [7, 11) is 0. The molecular weight excluding hydrogens is 216 g/mol. The van der Waals surface area contributed by atoms with Gasteiger partial charge < -0.3 is 4.57 Å². The number of benzene rings is 1. The fourth-order valence-electron chi connectivity index (χ4n) is 1.34. The second kappa shape index (κ2) is 5.07. The van der Waals surface area contributed by atoms with Crippen LogP contribution in [0.5, 0.6) is 0 Å². The minimum Gasteiger partial charge on any atom is -0.306 e. The van der Waals surface area contributed by atoms with Crippen LogP contribution >= 0.6 is 0 Å². The number of carbonyl (C=O) groups excluding carboxylic acids is 1. The lowest BCUT2D eigenvalue weighted by atomic mass is 10.2. The van der Waals surface area contributed by atoms with Crippen LogP contribution in [0.2, 0.25) is 0 Å². The van der Waals surface area contributed by atoms with Crippen molar-refractivity contribution in [3.8, 4) is 5.69 Å². The Kier molecular flexibility index (Phi) is 3.30. The van der Waals surface area contributed by atoms with E-state index in [2.05, 4.69) is 15.5 Å². The first-order valence-electron chi connectivity index (χ1n) is 5.14. The van der Waals surface area contributed by atoms with Crippen molar-refractivity contribution in [2.45, 2.75) is 6.92 Å². The van der Waals surface area contributed by atoms with E-state index >= 15 is 0 Å². The maximum absolute atomic E-state index is 10.6. The van der Waals surface area contributed by atoms with E-state index in [0.717, 1.165) is 11.3 Å². The number of carbonyl (C=O) groups is 1. The number of hydrogen-bond donors (Lipinski definition) is 1. The van der Waals surface area contributed by atoms with Crippen molar-refractivity contribution < 1.29 is 4.79 Å². The average molecular weight is 228 g/mol. The van der Waals surface area contributed by atoms with Gasteiger partial charge in [-0.1, -0.05) is 12.1 Å². The molecule has 0 saturated carbocycles. The fraction of sp³-hybridized carbons (Fsp3) is 0.0833. The molecule has 0 fully saturated rings. The quantitative estimate of drug-likeness (QED) is 0.636. The first-order valence-corrected chi connectivity index (χ1v) is 5.14. The Morgan fingerprint density at radius 2 is 2.18 bits per heavy atom. The van der Waals surface area contributed by atoms with Crippen molar-refractivity contribution in [1.82, 2.24) is 15.0 Å². The summed E-state index contributed by atoms with van der Waals surface area (Å²) in [6.07, 6.45) is 6.94. The van der Waals surface area contributed by atoms with Gasteiger partial charge in [-0.15, -0.1) is 0 Å². The lowest BCUT2D eigenvalue weighted by Crippen LogP contribution is -2.12. The predicted molar refractivity (Wildman–Crippen MR) is 65.0 cm³/mol. The number of nitrogens with one attached hydrogen (secondary N) is 1. The fourth-order valence-corrected chi connectivity index (χ4v) is 1.34. The number of imidazole rings is 1. The topological polar surface area (TPSA) is 59.3 Å². The second-order valence-electron chi connectivity index (χ2n) is 3.49. The molecule has 0 bridgehead atoms. The Bertz CT molecular complexity index is 514. The molecule has 0 aliphatic heterocycles. The van der Waals surface area contributed by atoms with Gasteiger partial charge in [-0.05, 0) is 17.7 Å². The maximum Gasteiger partial charge on any atom is 0.236 e. The molecule has 1 aromatic carbocycles. The number of rotatable bonds is 3. The molecule has 0 atom stereocenters. The number of hydrogen-bond acceptors (Lipinski definition) is 3. The smallest absolute Gasteiger partial charge is 0.236 e. The van der Waals surface area contributed by atoms with Crippen molar-refractivity contribution in [2.75, 3.05) is 0 Å². The summed E-state index contributed by atoms with van der Waals surface area (Å²) < 4.78 is 1.91. The molecule has 0 aliphatic rings. The summed E-state index contributed by atoms with van der Waals surface area (Å²) >= 11 is 0. The van der Waals surface area contributed by atoms with E-state index in [1.807, 2.05) is 35.0 Å². The van der Waals surface area contributed by atoms with Crippen LogP contribution < -0.4 is 5.43 Å². The minimum atomic E-state index is -0.184. The second-order valence-corrected chi connectivity index (χ2v) is 3.49. The summed E-state index contributed by atoms with van der Waals surface area (Å²) in [5.74, 6) is -0.184. The molecule has 86 valence electrons. The van der Waals surface area contributed by atoms with Gasteiger partial charge in [-0.3, -0.25) is 4.79 Å². The monoisotopic (exact) mass is 228 g/mol. The predicted octanol–water partition coefficient (Wildman–Crippen LogP) is 1.34. The van der Waals surface area contributed by atoms with Crippen LogP contribution in [0.3, 0.4) is 0 Å². The third kappa shape index (κ3) is 3.01. The highest BCUT2D eigenvalue weighted by atomic mass is 16.2. The zero-order valence-corrected chi connectivity index (χ0v) is 9.37. The third-order valence-corrected chi connectivity index (χ3v) is 2.13. The molecule has 1 amide bonds. The van der Waals surface area contributed by atoms with Crippen LogP contribution in [0.15, 0.2) is 48.1 Å². The van der Waals surface area contributed by atoms with Crippen LogP contribution in [0.4, 0.5) is 0 Å². The first kappa shape index (κ1) is 11.1. The summed E-state index contributed by atoms with van der Waals surface area (Å²) in [6.45, 7) is 1.42. The molecule has 0 saturated heterocycles. The first-order chi connectivity index (χ1) is 8.25. The van der Waals surface area contributed by atoms with Gasteiger partial charge in [-0.2, -0.15) is 5.10 Å². The Labute approximate surface area is 98.8 Å². The van der Waals surface area contributed by atoms with E-state index in [1.165, 1.54) is 6.92 Å². The third-order valence-electron chi connectivity index (χ3n) is 2.13. The number of nitrogens with zero attached hydrogens (tertiary/aromatic N) is 3. The molecule has 2 aromatic rings. The van der Waals surface area contributed by atoms with Crippen LogP contribution in [0.25, 0.3) is 5.69 Å². The molecule has 5 heteroatoms. The SMILES string of the molecule is CC(=O)N/N=C/c1ccc(-n2ccnc2)cc1. The lowest BCUT2D eigenvalue weighted by Gasteiger charge is -2.01. The highest BCUT2D eigenvalue weighted by Gasteiger charge is 1.94. The lowest BCUT2D eigenvalue weighted by molar-refractivity contribution is -0.118. The summed E-state index contributed by atoms with van der Waals surface area (Å²) in [5, 5.41) is 3.79. The van der Waals surface area contributed by atoms with Gasteiger partial charge in [0.15, 0.2) is 0 Å². The van der Waals surface area contributed by atoms with Crippen LogP contribution in [0.1, 0.15) is 12.5 Å². The van der Waals surface area contributed by atoms with Crippen LogP contribution in [0, 0.1) is 0 Å². The molecule has 0 spiro atoms. The molecule has 0 aliphatic carbocycles. The average Bonchev–Trinajstić information content (AvgIpc) is 2.83. The minimum absolute atomic E-state index is 0.184. The van der Waals surface area contributed by atoms with Gasteiger partial charge in [0.1, 0.15) is 0 Å². The molecule has 1 heterocycles. The highest BCUT2D eigenvalue weighted by molar-refractivity contribution is 5.81. The van der Waals surface area contributed by atoms with Gasteiger partial charge in [0.2, 0.25) is 5.91 Å². The molecule has 17 heavy (non-hydrogen) atoms. The van der Waals surface area contributed by atoms with Crippen molar-refractivity contribution >= 4 is 12.1 Å². The van der Waals surface area contributed by atoms with E-state index in [1.54, 1.807) is 18.7 Å². The van der Waals surface area contributed by atoms with Crippen LogP contribution in [-0.4, -0.2) is 21.7 Å². The zero-order valence-electron chi connectivity index (χ0n) is 9.37. The molecule has 0 radical (unpaired) electrons. The van der Waals surface area contributed by atoms with Gasteiger partial charge in [-0.25, -0.2) is 10.4 Å². The molecule has 2 rings (SSSR count). The summed E-state index contributed by atoms with van der Waals surface area (Å²) in [4.78, 5) is 14.6. The summed E-state index contributed by atoms with van der Waals surface area (Å²) in [5.41, 5.74) is 4.30. The summed E-state index contributed by atoms with van der Waals surface area (Å²) in [6, 6.07) is 7.74. The van der Waals surface area contributed by atoms with Gasteiger partial charge >= 0.3 is 0 Å². The number of hydrazone groups is 1. The maximum atomic E-state index is 10.6.